The fourth-order valence-corrected chi connectivity index (χ4v) is 8.99. The summed E-state index contributed by atoms with van der Waals surface area (Å²) in [6.07, 6.45) is 46.3. The first-order valence-corrected chi connectivity index (χ1v) is 24.7. The fourth-order valence-electron chi connectivity index (χ4n) is 8.99. The molecule has 0 saturated heterocycles. The molecule has 0 saturated carbocycles. The lowest BCUT2D eigenvalue weighted by Gasteiger charge is -2.12. The van der Waals surface area contributed by atoms with E-state index in [1.807, 2.05) is 0 Å². The highest BCUT2D eigenvalue weighted by Gasteiger charge is 2.33. The van der Waals surface area contributed by atoms with Crippen LogP contribution in [-0.2, 0) is 12.8 Å². The van der Waals surface area contributed by atoms with Gasteiger partial charge in [0.25, 0.3) is 0 Å². The number of benzene rings is 2. The molecule has 2 nitrogen and oxygen atoms in total. The van der Waals surface area contributed by atoms with Gasteiger partial charge < -0.3 is 5.53 Å². The first-order chi connectivity index (χ1) is 27.6. The standard InChI is InChI=1S/C54H88N2/c1-5-8-11-13-15-16-17-18-19-20-21-22-23-24-25-26-27-28-29-30-31-33-35-38-48-40-36-42-50(45-48)53-47(4)52(44-10-7-3)54(56(53)55)51-43-37-41-49(46-51)39-34-32-14-12-9-6-2/h36-37,40-43,45-46H,5-35,38-39,44H2,1-4H3. The zero-order valence-electron chi connectivity index (χ0n) is 37.6. The molecule has 0 fully saturated rings. The van der Waals surface area contributed by atoms with E-state index < -0.39 is 0 Å². The number of rotatable bonds is 36. The molecule has 1 aliphatic heterocycles. The van der Waals surface area contributed by atoms with Crippen LogP contribution in [0.25, 0.3) is 16.9 Å². The topological polar surface area (TPSA) is 25.3 Å². The lowest BCUT2D eigenvalue weighted by atomic mass is 9.95. The minimum Gasteiger partial charge on any atom is -0.493 e. The van der Waals surface area contributed by atoms with Crippen molar-refractivity contribution in [1.29, 1.82) is 0 Å². The van der Waals surface area contributed by atoms with Crippen LogP contribution in [0.4, 0.5) is 0 Å². The number of nitrogens with zero attached hydrogens (tertiary/aromatic N) is 2. The lowest BCUT2D eigenvalue weighted by Crippen LogP contribution is -2.03. The van der Waals surface area contributed by atoms with E-state index in [9.17, 15) is 5.53 Å². The zero-order chi connectivity index (χ0) is 39.9. The molecule has 0 atom stereocenters. The van der Waals surface area contributed by atoms with Gasteiger partial charge in [0.15, 0.2) is 0 Å². The predicted octanol–water partition coefficient (Wildman–Crippen LogP) is 18.5. The van der Waals surface area contributed by atoms with Gasteiger partial charge in [0.1, 0.15) is 0 Å². The van der Waals surface area contributed by atoms with Crippen LogP contribution in [0, 0.1) is 0 Å². The number of hydrogen-bond acceptors (Lipinski definition) is 0. The minimum absolute atomic E-state index is 0.971. The number of hydrogen-bond donors (Lipinski definition) is 0. The summed E-state index contributed by atoms with van der Waals surface area (Å²) >= 11 is 0. The molecule has 0 unspecified atom stereocenters. The van der Waals surface area contributed by atoms with Crippen LogP contribution in [-0.4, -0.2) is 4.70 Å². The Kier molecular flexibility index (Phi) is 26.9. The smallest absolute Gasteiger partial charge is 0.211 e. The molecule has 0 aliphatic carbocycles. The predicted molar refractivity (Wildman–Crippen MR) is 248 cm³/mol. The summed E-state index contributed by atoms with van der Waals surface area (Å²) in [5.41, 5.74) is 21.4. The Labute approximate surface area is 348 Å². The van der Waals surface area contributed by atoms with Crippen molar-refractivity contribution in [2.75, 3.05) is 0 Å². The van der Waals surface area contributed by atoms with Crippen LogP contribution in [0.1, 0.15) is 255 Å². The van der Waals surface area contributed by atoms with Crippen molar-refractivity contribution < 1.29 is 4.70 Å². The van der Waals surface area contributed by atoms with Crippen LogP contribution in [0.15, 0.2) is 59.7 Å². The maximum atomic E-state index is 11.9. The Balaban J connectivity index is 1.30. The maximum absolute atomic E-state index is 11.9. The van der Waals surface area contributed by atoms with E-state index in [4.69, 9.17) is 0 Å². The van der Waals surface area contributed by atoms with Crippen molar-refractivity contribution in [3.63, 3.8) is 0 Å². The van der Waals surface area contributed by atoms with Gasteiger partial charge in [-0.3, -0.25) is 0 Å². The van der Waals surface area contributed by atoms with Crippen LogP contribution in [0.2, 0.25) is 0 Å². The summed E-state index contributed by atoms with van der Waals surface area (Å²) in [5, 5.41) is 0. The third-order valence-electron chi connectivity index (χ3n) is 12.6. The van der Waals surface area contributed by atoms with Gasteiger partial charge in [0, 0.05) is 22.3 Å². The highest BCUT2D eigenvalue weighted by Crippen LogP contribution is 2.42. The quantitative estimate of drug-likeness (QED) is 0.0488. The van der Waals surface area contributed by atoms with Gasteiger partial charge in [0.05, 0.1) is 0 Å². The van der Waals surface area contributed by atoms with Crippen LogP contribution in [0.5, 0.6) is 0 Å². The van der Waals surface area contributed by atoms with Gasteiger partial charge >= 0.3 is 0 Å². The minimum atomic E-state index is 0.971. The van der Waals surface area contributed by atoms with Gasteiger partial charge in [-0.25, -0.2) is 4.70 Å². The van der Waals surface area contributed by atoms with E-state index in [2.05, 4.69) is 76.2 Å². The van der Waals surface area contributed by atoms with Gasteiger partial charge in [0.2, 0.25) is 11.4 Å². The molecule has 2 aromatic rings. The first kappa shape index (κ1) is 47.9. The van der Waals surface area contributed by atoms with E-state index >= 15 is 0 Å². The monoisotopic (exact) mass is 765 g/mol. The van der Waals surface area contributed by atoms with E-state index in [0.29, 0.717) is 0 Å². The molecule has 0 amide bonds. The maximum Gasteiger partial charge on any atom is 0.211 e. The molecule has 0 spiro atoms. The highest BCUT2D eigenvalue weighted by atomic mass is 15.2. The van der Waals surface area contributed by atoms with Gasteiger partial charge in [-0.05, 0) is 80.8 Å². The SMILES string of the molecule is CCCCCCCCCCCCCCCCCCCCCCCCCc1cccc(C2=C(C)C(CCCC)=C(c3cccc(CCCCCCCC)c3)[N+]2=[N-])c1. The number of unbranched alkanes of at least 4 members (excludes halogenated alkanes) is 28. The van der Waals surface area contributed by atoms with E-state index in [-0.39, 0.29) is 0 Å². The number of allylic oxidation sites excluding steroid dienone is 2. The summed E-state index contributed by atoms with van der Waals surface area (Å²) in [5.74, 6) is 0. The summed E-state index contributed by atoms with van der Waals surface area (Å²) in [6.45, 7) is 9.08. The Hall–Kier alpha value is -2.48. The van der Waals surface area contributed by atoms with Crippen molar-refractivity contribution >= 4 is 11.4 Å². The van der Waals surface area contributed by atoms with E-state index in [0.717, 1.165) is 54.6 Å². The second-order valence-electron chi connectivity index (χ2n) is 17.7. The van der Waals surface area contributed by atoms with Crippen LogP contribution < -0.4 is 0 Å². The average molecular weight is 765 g/mol. The second-order valence-corrected chi connectivity index (χ2v) is 17.7. The van der Waals surface area contributed by atoms with E-state index in [1.165, 1.54) is 213 Å². The third kappa shape index (κ3) is 19.3. The lowest BCUT2D eigenvalue weighted by molar-refractivity contribution is -0.345. The molecule has 3 rings (SSSR count). The molecule has 1 heterocycles. The Morgan fingerprint density at radius 2 is 0.696 bits per heavy atom. The molecule has 0 aromatic heterocycles. The van der Waals surface area contributed by atoms with Crippen molar-refractivity contribution in [2.45, 2.75) is 246 Å². The van der Waals surface area contributed by atoms with Crippen molar-refractivity contribution in [3.8, 4) is 0 Å². The zero-order valence-corrected chi connectivity index (χ0v) is 37.6. The Morgan fingerprint density at radius 1 is 0.375 bits per heavy atom. The third-order valence-corrected chi connectivity index (χ3v) is 12.6. The van der Waals surface area contributed by atoms with Gasteiger partial charge in [-0.15, -0.1) is 0 Å². The highest BCUT2D eigenvalue weighted by molar-refractivity contribution is 5.81. The van der Waals surface area contributed by atoms with E-state index in [1.54, 1.807) is 0 Å². The normalized spacial score (nSPS) is 13.2. The summed E-state index contributed by atoms with van der Waals surface area (Å²) in [4.78, 5) is 0. The molecule has 1 aliphatic rings. The van der Waals surface area contributed by atoms with Crippen molar-refractivity contribution in [3.05, 3.63) is 87.5 Å². The summed E-state index contributed by atoms with van der Waals surface area (Å²) in [7, 11) is 0. The van der Waals surface area contributed by atoms with Crippen LogP contribution >= 0.6 is 0 Å². The Morgan fingerprint density at radius 3 is 1.05 bits per heavy atom. The largest absolute Gasteiger partial charge is 0.493 e. The van der Waals surface area contributed by atoms with Gasteiger partial charge in [-0.1, -0.05) is 225 Å². The fraction of sp³-hybridized carbons (Fsp3) is 0.704. The molecule has 2 aromatic carbocycles. The molecule has 0 N–H and O–H groups in total. The average Bonchev–Trinajstić information content (AvgIpc) is 3.46. The molecular formula is C54H88N2. The summed E-state index contributed by atoms with van der Waals surface area (Å²) < 4.78 is 1.53. The molecule has 56 heavy (non-hydrogen) atoms. The van der Waals surface area contributed by atoms with Crippen molar-refractivity contribution in [2.24, 2.45) is 0 Å². The Bertz CT molecular complexity index is 1380. The second kappa shape index (κ2) is 31.5. The summed E-state index contributed by atoms with van der Waals surface area (Å²) in [6, 6.07) is 18.0. The first-order valence-electron chi connectivity index (χ1n) is 24.7. The van der Waals surface area contributed by atoms with Crippen molar-refractivity contribution in [1.82, 2.24) is 0 Å². The number of aryl methyl sites for hydroxylation is 2. The van der Waals surface area contributed by atoms with Gasteiger partial charge in [-0.2, -0.15) is 0 Å². The molecular weight excluding hydrogens is 677 g/mol. The molecule has 0 bridgehead atoms. The van der Waals surface area contributed by atoms with Crippen LogP contribution in [0.3, 0.4) is 0 Å². The molecule has 314 valence electrons. The molecule has 0 radical (unpaired) electrons. The molecule has 2 heteroatoms.